The van der Waals surface area contributed by atoms with Crippen LogP contribution in [0.3, 0.4) is 0 Å². The lowest BCUT2D eigenvalue weighted by Gasteiger charge is -2.21. The average molecular weight is 235 g/mol. The molecule has 0 aliphatic carbocycles. The molecule has 5 nitrogen and oxygen atoms in total. The molecular weight excluding hydrogens is 214 g/mol. The molecule has 0 amide bonds. The SMILES string of the molecule is NCCNc1cc(N2CCCCCC2)ncn1. The third kappa shape index (κ3) is 3.56. The van der Waals surface area contributed by atoms with Gasteiger partial charge in [0.15, 0.2) is 0 Å². The van der Waals surface area contributed by atoms with Crippen LogP contribution in [-0.2, 0) is 0 Å². The zero-order chi connectivity index (χ0) is 11.9. The Labute approximate surface area is 102 Å². The summed E-state index contributed by atoms with van der Waals surface area (Å²) in [6.07, 6.45) is 6.81. The molecule has 0 spiro atoms. The van der Waals surface area contributed by atoms with Crippen molar-refractivity contribution < 1.29 is 0 Å². The van der Waals surface area contributed by atoms with Crippen molar-refractivity contribution >= 4 is 11.6 Å². The van der Waals surface area contributed by atoms with E-state index >= 15 is 0 Å². The summed E-state index contributed by atoms with van der Waals surface area (Å²) in [4.78, 5) is 10.9. The molecule has 0 atom stereocenters. The van der Waals surface area contributed by atoms with Gasteiger partial charge in [-0.25, -0.2) is 9.97 Å². The van der Waals surface area contributed by atoms with Gasteiger partial charge in [-0.3, -0.25) is 0 Å². The Hall–Kier alpha value is -1.36. The Morgan fingerprint density at radius 1 is 1.18 bits per heavy atom. The van der Waals surface area contributed by atoms with Crippen LogP contribution in [0.15, 0.2) is 12.4 Å². The van der Waals surface area contributed by atoms with E-state index in [-0.39, 0.29) is 0 Å². The largest absolute Gasteiger partial charge is 0.369 e. The van der Waals surface area contributed by atoms with E-state index in [1.54, 1.807) is 6.33 Å². The van der Waals surface area contributed by atoms with Crippen LogP contribution in [0.25, 0.3) is 0 Å². The van der Waals surface area contributed by atoms with Crippen LogP contribution in [-0.4, -0.2) is 36.1 Å². The van der Waals surface area contributed by atoms with Gasteiger partial charge in [0.05, 0.1) is 0 Å². The molecule has 1 aromatic heterocycles. The van der Waals surface area contributed by atoms with Gasteiger partial charge >= 0.3 is 0 Å². The van der Waals surface area contributed by atoms with Gasteiger partial charge in [-0.05, 0) is 12.8 Å². The number of hydrogen-bond donors (Lipinski definition) is 2. The first-order valence-corrected chi connectivity index (χ1v) is 6.41. The zero-order valence-corrected chi connectivity index (χ0v) is 10.2. The Balaban J connectivity index is 2.03. The molecule has 3 N–H and O–H groups in total. The maximum Gasteiger partial charge on any atom is 0.134 e. The fourth-order valence-electron chi connectivity index (χ4n) is 2.12. The standard InChI is InChI=1S/C12H21N5/c13-5-6-14-11-9-12(16-10-15-11)17-7-3-1-2-4-8-17/h9-10H,1-8,13H2,(H,14,15,16). The van der Waals surface area contributed by atoms with Gasteiger partial charge in [-0.2, -0.15) is 0 Å². The highest BCUT2D eigenvalue weighted by molar-refractivity contribution is 5.48. The molecule has 1 fully saturated rings. The van der Waals surface area contributed by atoms with Crippen LogP contribution in [0.1, 0.15) is 25.7 Å². The van der Waals surface area contributed by atoms with Crippen LogP contribution >= 0.6 is 0 Å². The van der Waals surface area contributed by atoms with Crippen LogP contribution in [0.5, 0.6) is 0 Å². The monoisotopic (exact) mass is 235 g/mol. The number of aromatic nitrogens is 2. The minimum Gasteiger partial charge on any atom is -0.369 e. The summed E-state index contributed by atoms with van der Waals surface area (Å²) in [5.74, 6) is 1.89. The third-order valence-electron chi connectivity index (χ3n) is 3.03. The number of nitrogens with two attached hydrogens (primary N) is 1. The lowest BCUT2D eigenvalue weighted by Crippen LogP contribution is -2.25. The van der Waals surface area contributed by atoms with Crippen LogP contribution < -0.4 is 16.0 Å². The number of anilines is 2. The molecule has 94 valence electrons. The van der Waals surface area contributed by atoms with Gasteiger partial charge in [-0.15, -0.1) is 0 Å². The first-order valence-electron chi connectivity index (χ1n) is 6.41. The first-order chi connectivity index (χ1) is 8.40. The van der Waals surface area contributed by atoms with Gasteiger partial charge in [-0.1, -0.05) is 12.8 Å². The summed E-state index contributed by atoms with van der Waals surface area (Å²) >= 11 is 0. The maximum atomic E-state index is 5.46. The van der Waals surface area contributed by atoms with E-state index in [0.717, 1.165) is 31.3 Å². The molecule has 5 heteroatoms. The van der Waals surface area contributed by atoms with Crippen molar-refractivity contribution in [3.8, 4) is 0 Å². The molecule has 17 heavy (non-hydrogen) atoms. The van der Waals surface area contributed by atoms with Crippen LogP contribution in [0.2, 0.25) is 0 Å². The highest BCUT2D eigenvalue weighted by Crippen LogP contribution is 2.18. The predicted octanol–water partition coefficient (Wildman–Crippen LogP) is 1.23. The predicted molar refractivity (Wildman–Crippen MR) is 70.3 cm³/mol. The van der Waals surface area contributed by atoms with Crippen molar-refractivity contribution in [2.24, 2.45) is 5.73 Å². The smallest absolute Gasteiger partial charge is 0.134 e. The van der Waals surface area contributed by atoms with Gasteiger partial charge in [0.25, 0.3) is 0 Å². The Bertz CT molecular complexity index is 333. The zero-order valence-electron chi connectivity index (χ0n) is 10.2. The van der Waals surface area contributed by atoms with Crippen LogP contribution in [0, 0.1) is 0 Å². The summed E-state index contributed by atoms with van der Waals surface area (Å²) < 4.78 is 0. The average Bonchev–Trinajstić information content (AvgIpc) is 2.65. The molecule has 0 bridgehead atoms. The summed E-state index contributed by atoms with van der Waals surface area (Å²) in [5.41, 5.74) is 5.46. The molecule has 0 aromatic carbocycles. The highest BCUT2D eigenvalue weighted by atomic mass is 15.2. The fourth-order valence-corrected chi connectivity index (χ4v) is 2.12. The Kier molecular flexibility index (Phi) is 4.55. The summed E-state index contributed by atoms with van der Waals surface area (Å²) in [5, 5.41) is 3.19. The summed E-state index contributed by atoms with van der Waals surface area (Å²) in [6, 6.07) is 2.01. The van der Waals surface area contributed by atoms with Crippen molar-refractivity contribution in [3.05, 3.63) is 12.4 Å². The molecule has 1 aromatic rings. The lowest BCUT2D eigenvalue weighted by atomic mass is 10.2. The second-order valence-corrected chi connectivity index (χ2v) is 4.38. The third-order valence-corrected chi connectivity index (χ3v) is 3.03. The molecule has 2 rings (SSSR count). The minimum atomic E-state index is 0.614. The lowest BCUT2D eigenvalue weighted by molar-refractivity contribution is 0.726. The highest BCUT2D eigenvalue weighted by Gasteiger charge is 2.11. The molecule has 1 saturated heterocycles. The maximum absolute atomic E-state index is 5.46. The second-order valence-electron chi connectivity index (χ2n) is 4.38. The van der Waals surface area contributed by atoms with E-state index in [1.165, 1.54) is 25.7 Å². The van der Waals surface area contributed by atoms with Crippen molar-refractivity contribution in [1.29, 1.82) is 0 Å². The van der Waals surface area contributed by atoms with Crippen molar-refractivity contribution in [3.63, 3.8) is 0 Å². The first kappa shape index (κ1) is 12.1. The van der Waals surface area contributed by atoms with E-state index in [0.29, 0.717) is 6.54 Å². The molecular formula is C12H21N5. The van der Waals surface area contributed by atoms with E-state index in [2.05, 4.69) is 20.2 Å². The van der Waals surface area contributed by atoms with Gasteiger partial charge < -0.3 is 16.0 Å². The fraction of sp³-hybridized carbons (Fsp3) is 0.667. The number of hydrogen-bond acceptors (Lipinski definition) is 5. The van der Waals surface area contributed by atoms with E-state index in [9.17, 15) is 0 Å². The number of nitrogens with zero attached hydrogens (tertiary/aromatic N) is 3. The minimum absolute atomic E-state index is 0.614. The quantitative estimate of drug-likeness (QED) is 0.821. The summed E-state index contributed by atoms with van der Waals surface area (Å²) in [6.45, 7) is 3.57. The number of nitrogens with one attached hydrogen (secondary N) is 1. The topological polar surface area (TPSA) is 67.1 Å². The van der Waals surface area contributed by atoms with Gasteiger partial charge in [0, 0.05) is 32.2 Å². The van der Waals surface area contributed by atoms with E-state index in [1.807, 2.05) is 6.07 Å². The van der Waals surface area contributed by atoms with Crippen molar-refractivity contribution in [1.82, 2.24) is 9.97 Å². The molecule has 0 saturated carbocycles. The van der Waals surface area contributed by atoms with Gasteiger partial charge in [0.2, 0.25) is 0 Å². The molecule has 0 unspecified atom stereocenters. The molecule has 1 aliphatic heterocycles. The van der Waals surface area contributed by atoms with E-state index in [4.69, 9.17) is 5.73 Å². The van der Waals surface area contributed by atoms with Crippen LogP contribution in [0.4, 0.5) is 11.6 Å². The van der Waals surface area contributed by atoms with E-state index < -0.39 is 0 Å². The summed E-state index contributed by atoms with van der Waals surface area (Å²) in [7, 11) is 0. The number of rotatable bonds is 4. The normalized spacial score (nSPS) is 16.6. The van der Waals surface area contributed by atoms with Crippen molar-refractivity contribution in [2.75, 3.05) is 36.4 Å². The second kappa shape index (κ2) is 6.39. The van der Waals surface area contributed by atoms with Crippen molar-refractivity contribution in [2.45, 2.75) is 25.7 Å². The molecule has 1 aliphatic rings. The molecule has 2 heterocycles. The Morgan fingerprint density at radius 3 is 2.65 bits per heavy atom. The van der Waals surface area contributed by atoms with Gasteiger partial charge in [0.1, 0.15) is 18.0 Å². The Morgan fingerprint density at radius 2 is 1.94 bits per heavy atom. The molecule has 0 radical (unpaired) electrons.